The van der Waals surface area contributed by atoms with Gasteiger partial charge in [-0.05, 0) is 24.5 Å². The third-order valence-electron chi connectivity index (χ3n) is 3.73. The minimum atomic E-state index is -0.913. The summed E-state index contributed by atoms with van der Waals surface area (Å²) in [6.07, 6.45) is 1.18. The Hall–Kier alpha value is -2.35. The number of amides is 2. The molecular weight excluding hydrogens is 326 g/mol. The molecule has 9 heteroatoms. The van der Waals surface area contributed by atoms with Crippen LogP contribution in [0.3, 0.4) is 0 Å². The van der Waals surface area contributed by atoms with Crippen LogP contribution in [0.4, 0.5) is 10.5 Å². The van der Waals surface area contributed by atoms with Gasteiger partial charge in [-0.25, -0.2) is 4.79 Å². The zero-order valence-electron chi connectivity index (χ0n) is 12.2. The van der Waals surface area contributed by atoms with Crippen molar-refractivity contribution in [2.75, 3.05) is 13.1 Å². The van der Waals surface area contributed by atoms with Crippen molar-refractivity contribution >= 4 is 29.3 Å². The third-order valence-corrected chi connectivity index (χ3v) is 4.10. The molecule has 124 valence electrons. The minimum absolute atomic E-state index is 0.0353. The number of hydrogen-bond acceptors (Lipinski definition) is 4. The smallest absolute Gasteiger partial charge is 0.317 e. The number of nitrogens with zero attached hydrogens (tertiary/aromatic N) is 2. The van der Waals surface area contributed by atoms with Crippen molar-refractivity contribution in [3.05, 3.63) is 38.9 Å². The summed E-state index contributed by atoms with van der Waals surface area (Å²) in [6.45, 7) is 0.676. The van der Waals surface area contributed by atoms with Crippen LogP contribution in [-0.2, 0) is 11.3 Å². The predicted octanol–water partition coefficient (Wildman–Crippen LogP) is 2.25. The average Bonchev–Trinajstić information content (AvgIpc) is 2.53. The molecule has 8 nitrogen and oxygen atoms in total. The van der Waals surface area contributed by atoms with Gasteiger partial charge in [0, 0.05) is 36.8 Å². The van der Waals surface area contributed by atoms with E-state index < -0.39 is 22.8 Å². The second-order valence-corrected chi connectivity index (χ2v) is 5.72. The van der Waals surface area contributed by atoms with E-state index in [0.29, 0.717) is 30.0 Å². The second-order valence-electron chi connectivity index (χ2n) is 5.31. The van der Waals surface area contributed by atoms with Gasteiger partial charge in [0.1, 0.15) is 0 Å². The Morgan fingerprint density at radius 2 is 2.22 bits per heavy atom. The lowest BCUT2D eigenvalue weighted by Crippen LogP contribution is -2.46. The summed E-state index contributed by atoms with van der Waals surface area (Å²) < 4.78 is 0. The SMILES string of the molecule is O=C(O)C1CCCN(C(=O)NCc2cc([N+](=O)[O-])ccc2Cl)C1. The molecule has 1 fully saturated rings. The number of likely N-dealkylation sites (tertiary alicyclic amines) is 1. The van der Waals surface area contributed by atoms with Crippen LogP contribution in [0.2, 0.25) is 5.02 Å². The number of piperidine rings is 1. The lowest BCUT2D eigenvalue weighted by atomic mass is 9.99. The number of aliphatic carboxylic acids is 1. The van der Waals surface area contributed by atoms with Gasteiger partial charge in [-0.15, -0.1) is 0 Å². The molecule has 1 heterocycles. The van der Waals surface area contributed by atoms with Crippen molar-refractivity contribution < 1.29 is 19.6 Å². The number of nitrogens with one attached hydrogen (secondary N) is 1. The van der Waals surface area contributed by atoms with Gasteiger partial charge in [0.05, 0.1) is 10.8 Å². The van der Waals surface area contributed by atoms with Crippen LogP contribution in [0, 0.1) is 16.0 Å². The Balaban J connectivity index is 1.97. The van der Waals surface area contributed by atoms with Gasteiger partial charge in [-0.3, -0.25) is 14.9 Å². The number of rotatable bonds is 4. The van der Waals surface area contributed by atoms with Crippen molar-refractivity contribution in [3.63, 3.8) is 0 Å². The van der Waals surface area contributed by atoms with Gasteiger partial charge < -0.3 is 15.3 Å². The number of benzene rings is 1. The number of non-ortho nitro benzene ring substituents is 1. The summed E-state index contributed by atoms with van der Waals surface area (Å²) in [6, 6.07) is 3.59. The molecule has 23 heavy (non-hydrogen) atoms. The molecule has 0 aliphatic carbocycles. The number of carbonyl (C=O) groups excluding carboxylic acids is 1. The molecule has 2 rings (SSSR count). The summed E-state index contributed by atoms with van der Waals surface area (Å²) in [5, 5.41) is 22.7. The highest BCUT2D eigenvalue weighted by Gasteiger charge is 2.28. The Morgan fingerprint density at radius 1 is 1.48 bits per heavy atom. The van der Waals surface area contributed by atoms with E-state index in [0.717, 1.165) is 0 Å². The quantitative estimate of drug-likeness (QED) is 0.644. The number of hydrogen-bond donors (Lipinski definition) is 2. The lowest BCUT2D eigenvalue weighted by Gasteiger charge is -2.30. The zero-order chi connectivity index (χ0) is 17.0. The number of carboxylic acid groups (broad SMARTS) is 1. The highest BCUT2D eigenvalue weighted by atomic mass is 35.5. The molecule has 0 radical (unpaired) electrons. The number of carboxylic acids is 1. The van der Waals surface area contributed by atoms with E-state index in [4.69, 9.17) is 16.7 Å². The van der Waals surface area contributed by atoms with Crippen LogP contribution in [0.25, 0.3) is 0 Å². The van der Waals surface area contributed by atoms with Crippen LogP contribution in [-0.4, -0.2) is 40.0 Å². The first-order chi connectivity index (χ1) is 10.9. The topological polar surface area (TPSA) is 113 Å². The summed E-state index contributed by atoms with van der Waals surface area (Å²) in [5.74, 6) is -1.47. The number of carbonyl (C=O) groups is 2. The first-order valence-electron chi connectivity index (χ1n) is 7.07. The molecule has 2 amide bonds. The average molecular weight is 342 g/mol. The third kappa shape index (κ3) is 4.32. The minimum Gasteiger partial charge on any atom is -0.481 e. The first-order valence-corrected chi connectivity index (χ1v) is 7.44. The maximum absolute atomic E-state index is 12.1. The Morgan fingerprint density at radius 3 is 2.87 bits per heavy atom. The van der Waals surface area contributed by atoms with Crippen LogP contribution < -0.4 is 5.32 Å². The molecule has 1 saturated heterocycles. The summed E-state index contributed by atoms with van der Waals surface area (Å²) in [7, 11) is 0. The van der Waals surface area contributed by atoms with E-state index in [2.05, 4.69) is 5.32 Å². The Kier molecular flexibility index (Phi) is 5.38. The molecule has 0 spiro atoms. The summed E-state index contributed by atoms with van der Waals surface area (Å²) in [5.41, 5.74) is 0.323. The maximum Gasteiger partial charge on any atom is 0.317 e. The standard InChI is InChI=1S/C14H16ClN3O5/c15-12-4-3-11(18(22)23)6-10(12)7-16-14(21)17-5-1-2-9(8-17)13(19)20/h3-4,6,9H,1-2,5,7-8H2,(H,16,21)(H,19,20). The van der Waals surface area contributed by atoms with Crippen LogP contribution in [0.15, 0.2) is 18.2 Å². The van der Waals surface area contributed by atoms with Gasteiger partial charge in [-0.1, -0.05) is 11.6 Å². The number of halogens is 1. The fourth-order valence-corrected chi connectivity index (χ4v) is 2.64. The number of urea groups is 1. The van der Waals surface area contributed by atoms with E-state index in [1.165, 1.54) is 23.1 Å². The molecule has 1 atom stereocenters. The van der Waals surface area contributed by atoms with Crippen molar-refractivity contribution in [2.24, 2.45) is 5.92 Å². The van der Waals surface area contributed by atoms with Gasteiger partial charge in [-0.2, -0.15) is 0 Å². The largest absolute Gasteiger partial charge is 0.481 e. The van der Waals surface area contributed by atoms with E-state index in [9.17, 15) is 19.7 Å². The van der Waals surface area contributed by atoms with Crippen molar-refractivity contribution in [1.29, 1.82) is 0 Å². The summed E-state index contributed by atoms with van der Waals surface area (Å²) >= 11 is 5.97. The highest BCUT2D eigenvalue weighted by Crippen LogP contribution is 2.22. The predicted molar refractivity (Wildman–Crippen MR) is 82.3 cm³/mol. The normalized spacial score (nSPS) is 17.6. The van der Waals surface area contributed by atoms with Crippen molar-refractivity contribution in [2.45, 2.75) is 19.4 Å². The molecular formula is C14H16ClN3O5. The maximum atomic E-state index is 12.1. The van der Waals surface area contributed by atoms with E-state index in [-0.39, 0.29) is 18.8 Å². The molecule has 1 aromatic carbocycles. The monoisotopic (exact) mass is 341 g/mol. The van der Waals surface area contributed by atoms with Gasteiger partial charge in [0.2, 0.25) is 0 Å². The fraction of sp³-hybridized carbons (Fsp3) is 0.429. The second kappa shape index (κ2) is 7.28. The van der Waals surface area contributed by atoms with Crippen LogP contribution >= 0.6 is 11.6 Å². The lowest BCUT2D eigenvalue weighted by molar-refractivity contribution is -0.384. The summed E-state index contributed by atoms with van der Waals surface area (Å²) in [4.78, 5) is 34.8. The molecule has 0 aromatic heterocycles. The highest BCUT2D eigenvalue weighted by molar-refractivity contribution is 6.31. The van der Waals surface area contributed by atoms with Gasteiger partial charge in [0.25, 0.3) is 5.69 Å². The molecule has 1 aliphatic heterocycles. The Bertz CT molecular complexity index is 637. The molecule has 1 unspecified atom stereocenters. The molecule has 1 aliphatic rings. The Labute approximate surface area is 137 Å². The van der Waals surface area contributed by atoms with E-state index >= 15 is 0 Å². The first kappa shape index (κ1) is 17.0. The van der Waals surface area contributed by atoms with Crippen molar-refractivity contribution in [1.82, 2.24) is 10.2 Å². The number of nitro benzene ring substituents is 1. The molecule has 0 saturated carbocycles. The zero-order valence-corrected chi connectivity index (χ0v) is 13.0. The van der Waals surface area contributed by atoms with Gasteiger partial charge >= 0.3 is 12.0 Å². The fourth-order valence-electron chi connectivity index (χ4n) is 2.46. The molecule has 0 bridgehead atoms. The molecule has 2 N–H and O–H groups in total. The van der Waals surface area contributed by atoms with Gasteiger partial charge in [0.15, 0.2) is 0 Å². The van der Waals surface area contributed by atoms with Crippen LogP contribution in [0.5, 0.6) is 0 Å². The van der Waals surface area contributed by atoms with E-state index in [1.807, 2.05) is 0 Å². The number of nitro groups is 1. The van der Waals surface area contributed by atoms with Crippen molar-refractivity contribution in [3.8, 4) is 0 Å². The molecule has 1 aromatic rings. The van der Waals surface area contributed by atoms with E-state index in [1.54, 1.807) is 0 Å². The van der Waals surface area contributed by atoms with Crippen LogP contribution in [0.1, 0.15) is 18.4 Å².